The topological polar surface area (TPSA) is 115 Å². The molecule has 1 unspecified atom stereocenters. The Balaban J connectivity index is 1.45. The molecule has 2 aliphatic rings. The molecular formula is C21H27N5O4S. The first-order valence-electron chi connectivity index (χ1n) is 10.6. The summed E-state index contributed by atoms with van der Waals surface area (Å²) in [5.74, 6) is -0.390. The number of piperidine rings is 1. The van der Waals surface area contributed by atoms with Crippen LogP contribution in [0.3, 0.4) is 0 Å². The molecule has 0 saturated carbocycles. The van der Waals surface area contributed by atoms with E-state index in [2.05, 4.69) is 15.3 Å². The predicted octanol–water partition coefficient (Wildman–Crippen LogP) is 1.99. The van der Waals surface area contributed by atoms with Gasteiger partial charge in [-0.2, -0.15) is 4.31 Å². The van der Waals surface area contributed by atoms with Gasteiger partial charge >= 0.3 is 0 Å². The number of aromatic amines is 1. The van der Waals surface area contributed by atoms with E-state index in [1.54, 1.807) is 17.2 Å². The van der Waals surface area contributed by atoms with E-state index in [0.717, 1.165) is 18.4 Å². The Kier molecular flexibility index (Phi) is 6.10. The van der Waals surface area contributed by atoms with Crippen LogP contribution >= 0.6 is 0 Å². The summed E-state index contributed by atoms with van der Waals surface area (Å²) < 4.78 is 27.7. The number of amides is 2. The minimum absolute atomic E-state index is 0.0525. The fourth-order valence-corrected chi connectivity index (χ4v) is 5.61. The van der Waals surface area contributed by atoms with Gasteiger partial charge in [-0.25, -0.2) is 13.4 Å². The maximum atomic E-state index is 13.2. The SMILES string of the molecule is Cc1cccnc1NC(=O)C1CCCN(S(=O)(=O)c2c[nH]c(C(=O)N3CCCC3)c2)C1. The lowest BCUT2D eigenvalue weighted by Crippen LogP contribution is -2.43. The van der Waals surface area contributed by atoms with E-state index in [1.165, 1.54) is 16.6 Å². The summed E-state index contributed by atoms with van der Waals surface area (Å²) in [4.78, 5) is 34.0. The van der Waals surface area contributed by atoms with Crippen molar-refractivity contribution in [1.29, 1.82) is 0 Å². The Labute approximate surface area is 181 Å². The van der Waals surface area contributed by atoms with Crippen LogP contribution in [0.15, 0.2) is 35.5 Å². The van der Waals surface area contributed by atoms with Crippen LogP contribution in [0, 0.1) is 12.8 Å². The van der Waals surface area contributed by atoms with Gasteiger partial charge in [-0.1, -0.05) is 6.07 Å². The lowest BCUT2D eigenvalue weighted by atomic mass is 9.99. The average molecular weight is 446 g/mol. The summed E-state index contributed by atoms with van der Waals surface area (Å²) in [7, 11) is -3.81. The molecule has 10 heteroatoms. The van der Waals surface area contributed by atoms with Crippen LogP contribution in [0.2, 0.25) is 0 Å². The number of sulfonamides is 1. The lowest BCUT2D eigenvalue weighted by molar-refractivity contribution is -0.120. The zero-order valence-corrected chi connectivity index (χ0v) is 18.3. The number of nitrogens with one attached hydrogen (secondary N) is 2. The second-order valence-corrected chi connectivity index (χ2v) is 10.0. The van der Waals surface area contributed by atoms with Crippen molar-refractivity contribution in [2.24, 2.45) is 5.92 Å². The molecule has 2 aromatic rings. The largest absolute Gasteiger partial charge is 0.356 e. The van der Waals surface area contributed by atoms with Crippen LogP contribution < -0.4 is 5.32 Å². The summed E-state index contributed by atoms with van der Waals surface area (Å²) in [6.07, 6.45) is 6.09. The molecule has 4 rings (SSSR count). The van der Waals surface area contributed by atoms with Gasteiger partial charge in [0, 0.05) is 38.6 Å². The minimum Gasteiger partial charge on any atom is -0.356 e. The summed E-state index contributed by atoms with van der Waals surface area (Å²) in [6.45, 7) is 3.68. The third kappa shape index (κ3) is 4.49. The van der Waals surface area contributed by atoms with E-state index in [4.69, 9.17) is 0 Å². The molecule has 2 N–H and O–H groups in total. The van der Waals surface area contributed by atoms with Crippen molar-refractivity contribution in [2.75, 3.05) is 31.5 Å². The van der Waals surface area contributed by atoms with E-state index in [0.29, 0.717) is 38.3 Å². The Morgan fingerprint density at radius 2 is 1.97 bits per heavy atom. The fourth-order valence-electron chi connectivity index (χ4n) is 4.10. The molecule has 0 bridgehead atoms. The molecule has 0 spiro atoms. The van der Waals surface area contributed by atoms with Crippen molar-refractivity contribution in [2.45, 2.75) is 37.5 Å². The van der Waals surface area contributed by atoms with Crippen molar-refractivity contribution in [3.63, 3.8) is 0 Å². The van der Waals surface area contributed by atoms with Gasteiger partial charge in [-0.15, -0.1) is 0 Å². The molecule has 2 amide bonds. The van der Waals surface area contributed by atoms with Gasteiger partial charge in [0.15, 0.2) is 0 Å². The van der Waals surface area contributed by atoms with Gasteiger partial charge in [-0.3, -0.25) is 9.59 Å². The number of likely N-dealkylation sites (tertiary alicyclic amines) is 1. The van der Waals surface area contributed by atoms with E-state index >= 15 is 0 Å². The lowest BCUT2D eigenvalue weighted by Gasteiger charge is -2.30. The summed E-state index contributed by atoms with van der Waals surface area (Å²) in [5.41, 5.74) is 1.12. The highest BCUT2D eigenvalue weighted by Crippen LogP contribution is 2.26. The maximum absolute atomic E-state index is 13.2. The second-order valence-electron chi connectivity index (χ2n) is 8.11. The number of H-pyrrole nitrogens is 1. The number of pyridine rings is 1. The van der Waals surface area contributed by atoms with Crippen LogP contribution in [-0.4, -0.2) is 65.6 Å². The number of carbonyl (C=O) groups excluding carboxylic acids is 2. The van der Waals surface area contributed by atoms with Crippen LogP contribution in [0.25, 0.3) is 0 Å². The second kappa shape index (κ2) is 8.80. The normalized spacial score (nSPS) is 20.0. The van der Waals surface area contributed by atoms with Gasteiger partial charge < -0.3 is 15.2 Å². The summed E-state index contributed by atoms with van der Waals surface area (Å²) in [5, 5.41) is 2.81. The van der Waals surface area contributed by atoms with Crippen LogP contribution in [0.4, 0.5) is 5.82 Å². The smallest absolute Gasteiger partial charge is 0.270 e. The molecule has 2 aromatic heterocycles. The van der Waals surface area contributed by atoms with Gasteiger partial charge in [0.2, 0.25) is 15.9 Å². The molecule has 0 radical (unpaired) electrons. The fraction of sp³-hybridized carbons (Fsp3) is 0.476. The number of rotatable bonds is 5. The number of aryl methyl sites for hydroxylation is 1. The van der Waals surface area contributed by atoms with E-state index in [1.807, 2.05) is 13.0 Å². The first kappa shape index (κ1) is 21.5. The van der Waals surface area contributed by atoms with E-state index < -0.39 is 15.9 Å². The van der Waals surface area contributed by atoms with Gasteiger partial charge in [0.25, 0.3) is 5.91 Å². The molecule has 9 nitrogen and oxygen atoms in total. The Morgan fingerprint density at radius 1 is 1.19 bits per heavy atom. The molecule has 0 aliphatic carbocycles. The van der Waals surface area contributed by atoms with Crippen molar-refractivity contribution in [3.8, 4) is 0 Å². The number of hydrogen-bond donors (Lipinski definition) is 2. The minimum atomic E-state index is -3.81. The predicted molar refractivity (Wildman–Crippen MR) is 115 cm³/mol. The van der Waals surface area contributed by atoms with Crippen LogP contribution in [0.1, 0.15) is 41.7 Å². The van der Waals surface area contributed by atoms with Gasteiger partial charge in [-0.05, 0) is 50.3 Å². The highest BCUT2D eigenvalue weighted by atomic mass is 32.2. The Hall–Kier alpha value is -2.72. The molecule has 2 fully saturated rings. The van der Waals surface area contributed by atoms with Crippen molar-refractivity contribution < 1.29 is 18.0 Å². The van der Waals surface area contributed by atoms with Crippen molar-refractivity contribution in [1.82, 2.24) is 19.2 Å². The Morgan fingerprint density at radius 3 is 2.71 bits per heavy atom. The molecule has 166 valence electrons. The zero-order chi connectivity index (χ0) is 22.0. The molecule has 31 heavy (non-hydrogen) atoms. The monoisotopic (exact) mass is 445 g/mol. The highest BCUT2D eigenvalue weighted by molar-refractivity contribution is 7.89. The summed E-state index contributed by atoms with van der Waals surface area (Å²) >= 11 is 0. The quantitative estimate of drug-likeness (QED) is 0.730. The van der Waals surface area contributed by atoms with Crippen LogP contribution in [-0.2, 0) is 14.8 Å². The van der Waals surface area contributed by atoms with E-state index in [9.17, 15) is 18.0 Å². The molecule has 0 aromatic carbocycles. The average Bonchev–Trinajstić information content (AvgIpc) is 3.48. The molecule has 1 atom stereocenters. The van der Waals surface area contributed by atoms with Gasteiger partial charge in [0.1, 0.15) is 16.4 Å². The first-order valence-corrected chi connectivity index (χ1v) is 12.0. The van der Waals surface area contributed by atoms with Crippen molar-refractivity contribution >= 4 is 27.7 Å². The third-order valence-electron chi connectivity index (χ3n) is 5.92. The number of aromatic nitrogens is 2. The number of nitrogens with zero attached hydrogens (tertiary/aromatic N) is 3. The standard InChI is InChI=1S/C21H27N5O4S/c1-15-6-4-8-22-19(15)24-20(27)16-7-5-11-26(14-16)31(29,30)17-12-18(23-13-17)21(28)25-9-2-3-10-25/h4,6,8,12-13,16,23H,2-3,5,7,9-11,14H2,1H3,(H,22,24,27). The van der Waals surface area contributed by atoms with Crippen LogP contribution in [0.5, 0.6) is 0 Å². The molecular weight excluding hydrogens is 418 g/mol. The molecule has 2 aliphatic heterocycles. The number of anilines is 1. The van der Waals surface area contributed by atoms with Gasteiger partial charge in [0.05, 0.1) is 5.92 Å². The Bertz CT molecular complexity index is 1070. The first-order chi connectivity index (χ1) is 14.9. The number of hydrogen-bond acceptors (Lipinski definition) is 5. The molecule has 4 heterocycles. The summed E-state index contributed by atoms with van der Waals surface area (Å²) in [6, 6.07) is 5.05. The third-order valence-corrected chi connectivity index (χ3v) is 7.77. The maximum Gasteiger partial charge on any atom is 0.270 e. The highest BCUT2D eigenvalue weighted by Gasteiger charge is 2.34. The number of carbonyl (C=O) groups is 2. The molecule has 2 saturated heterocycles. The van der Waals surface area contributed by atoms with E-state index in [-0.39, 0.29) is 28.9 Å². The van der Waals surface area contributed by atoms with Crippen molar-refractivity contribution in [3.05, 3.63) is 41.9 Å². The zero-order valence-electron chi connectivity index (χ0n) is 17.5.